The van der Waals surface area contributed by atoms with Crippen LogP contribution in [0, 0.1) is 0 Å². The van der Waals surface area contributed by atoms with E-state index < -0.39 is 0 Å². The number of hydrogen-bond donors (Lipinski definition) is 4. The van der Waals surface area contributed by atoms with Gasteiger partial charge in [0.15, 0.2) is 0 Å². The molecule has 6 nitrogen and oxygen atoms in total. The number of carbonyl (C=O) groups excluding carboxylic acids is 1. The lowest BCUT2D eigenvalue weighted by atomic mass is 10.1. The van der Waals surface area contributed by atoms with Gasteiger partial charge in [0, 0.05) is 18.5 Å². The summed E-state index contributed by atoms with van der Waals surface area (Å²) in [5.74, 6) is 0.174. The number of carbonyl (C=O) groups is 1. The largest absolute Gasteiger partial charge is 0.409 e. The van der Waals surface area contributed by atoms with E-state index in [2.05, 4.69) is 15.8 Å². The molecule has 0 aliphatic carbocycles. The van der Waals surface area contributed by atoms with Crippen LogP contribution in [0.1, 0.15) is 33.6 Å². The minimum atomic E-state index is -0.240. The van der Waals surface area contributed by atoms with Gasteiger partial charge < -0.3 is 21.6 Å². The van der Waals surface area contributed by atoms with Gasteiger partial charge in [-0.25, -0.2) is 4.79 Å². The van der Waals surface area contributed by atoms with Gasteiger partial charge in [-0.2, -0.15) is 0 Å². The van der Waals surface area contributed by atoms with E-state index >= 15 is 0 Å². The summed E-state index contributed by atoms with van der Waals surface area (Å²) >= 11 is 0. The molecule has 5 N–H and O–H groups in total. The summed E-state index contributed by atoms with van der Waals surface area (Å²) in [6.45, 7) is 6.22. The van der Waals surface area contributed by atoms with E-state index in [-0.39, 0.29) is 17.4 Å². The van der Waals surface area contributed by atoms with Crippen LogP contribution < -0.4 is 16.4 Å². The Morgan fingerprint density at radius 3 is 2.53 bits per heavy atom. The third kappa shape index (κ3) is 8.86. The molecular weight excluding hydrogens is 196 g/mol. The average molecular weight is 216 g/mol. The van der Waals surface area contributed by atoms with Crippen LogP contribution in [-0.2, 0) is 0 Å². The molecule has 0 saturated carbocycles. The van der Waals surface area contributed by atoms with Gasteiger partial charge >= 0.3 is 6.03 Å². The zero-order valence-corrected chi connectivity index (χ0v) is 9.50. The lowest BCUT2D eigenvalue weighted by molar-refractivity contribution is 0.232. The zero-order valence-electron chi connectivity index (χ0n) is 9.50. The molecule has 0 aromatic rings. The van der Waals surface area contributed by atoms with E-state index in [1.165, 1.54) is 0 Å². The summed E-state index contributed by atoms with van der Waals surface area (Å²) in [6, 6.07) is -0.206. The normalized spacial score (nSPS) is 12.3. The maximum absolute atomic E-state index is 11.2. The fourth-order valence-corrected chi connectivity index (χ4v) is 0.906. The van der Waals surface area contributed by atoms with Crippen LogP contribution in [0.4, 0.5) is 4.79 Å². The number of urea groups is 1. The predicted molar refractivity (Wildman–Crippen MR) is 58.9 cm³/mol. The number of rotatable bonds is 4. The Bertz CT molecular complexity index is 233. The fraction of sp³-hybridized carbons (Fsp3) is 0.778. The van der Waals surface area contributed by atoms with E-state index in [0.717, 1.165) is 0 Å². The van der Waals surface area contributed by atoms with Crippen molar-refractivity contribution in [2.45, 2.75) is 39.2 Å². The molecule has 0 spiro atoms. The molecule has 0 radical (unpaired) electrons. The number of nitrogens with zero attached hydrogens (tertiary/aromatic N) is 1. The molecule has 0 rings (SSSR count). The van der Waals surface area contributed by atoms with Crippen molar-refractivity contribution < 1.29 is 10.0 Å². The topological polar surface area (TPSA) is 99.7 Å². The summed E-state index contributed by atoms with van der Waals surface area (Å²) in [5, 5.41) is 16.5. The molecule has 88 valence electrons. The highest BCUT2D eigenvalue weighted by Crippen LogP contribution is 1.97. The molecule has 0 aromatic heterocycles. The van der Waals surface area contributed by atoms with Gasteiger partial charge in [-0.3, -0.25) is 0 Å². The van der Waals surface area contributed by atoms with Crippen molar-refractivity contribution in [1.29, 1.82) is 0 Å². The molecule has 0 fully saturated rings. The van der Waals surface area contributed by atoms with Crippen LogP contribution in [0.25, 0.3) is 0 Å². The Kier molecular flexibility index (Phi) is 5.51. The molecular formula is C9H20N4O2. The second kappa shape index (κ2) is 6.10. The lowest BCUT2D eigenvalue weighted by Crippen LogP contribution is -2.46. The van der Waals surface area contributed by atoms with E-state index in [1.54, 1.807) is 0 Å². The average Bonchev–Trinajstić information content (AvgIpc) is 2.09. The molecule has 0 unspecified atom stereocenters. The molecule has 0 heterocycles. The highest BCUT2D eigenvalue weighted by Gasteiger charge is 2.12. The molecule has 15 heavy (non-hydrogen) atoms. The van der Waals surface area contributed by atoms with Crippen LogP contribution in [-0.4, -0.2) is 29.2 Å². The number of nitrogens with one attached hydrogen (secondary N) is 2. The van der Waals surface area contributed by atoms with E-state index in [0.29, 0.717) is 19.4 Å². The quantitative estimate of drug-likeness (QED) is 0.182. The summed E-state index contributed by atoms with van der Waals surface area (Å²) in [5.41, 5.74) is 5.02. The molecule has 0 aromatic carbocycles. The maximum Gasteiger partial charge on any atom is 0.315 e. The Balaban J connectivity index is 3.57. The van der Waals surface area contributed by atoms with Crippen molar-refractivity contribution in [2.24, 2.45) is 10.9 Å². The standard InChI is InChI=1S/C9H20N4O2/c1-9(2,3)12-8(14)11-6-4-5-7(10)13-15/h15H,4-6H2,1-3H3,(H2,10,13)(H2,11,12,14). The number of oxime groups is 1. The van der Waals surface area contributed by atoms with Gasteiger partial charge in [0.1, 0.15) is 5.84 Å². The first-order chi connectivity index (χ1) is 6.85. The minimum absolute atomic E-state index is 0.174. The highest BCUT2D eigenvalue weighted by atomic mass is 16.4. The van der Waals surface area contributed by atoms with E-state index in [4.69, 9.17) is 10.9 Å². The van der Waals surface area contributed by atoms with Crippen LogP contribution in [0.5, 0.6) is 0 Å². The van der Waals surface area contributed by atoms with Crippen molar-refractivity contribution in [3.63, 3.8) is 0 Å². The van der Waals surface area contributed by atoms with Crippen molar-refractivity contribution in [2.75, 3.05) is 6.54 Å². The molecule has 6 heteroatoms. The Morgan fingerprint density at radius 2 is 2.07 bits per heavy atom. The van der Waals surface area contributed by atoms with Gasteiger partial charge in [0.25, 0.3) is 0 Å². The number of amidine groups is 1. The first kappa shape index (κ1) is 13.5. The first-order valence-corrected chi connectivity index (χ1v) is 4.87. The van der Waals surface area contributed by atoms with Crippen molar-refractivity contribution >= 4 is 11.9 Å². The van der Waals surface area contributed by atoms with Gasteiger partial charge in [-0.1, -0.05) is 5.16 Å². The fourth-order valence-electron chi connectivity index (χ4n) is 0.906. The third-order valence-electron chi connectivity index (χ3n) is 1.51. The first-order valence-electron chi connectivity index (χ1n) is 4.87. The maximum atomic E-state index is 11.2. The number of hydrogen-bond acceptors (Lipinski definition) is 3. The molecule has 0 bridgehead atoms. The molecule has 0 aliphatic heterocycles. The van der Waals surface area contributed by atoms with Crippen LogP contribution in [0.2, 0.25) is 0 Å². The Hall–Kier alpha value is -1.46. The molecule has 0 saturated heterocycles. The minimum Gasteiger partial charge on any atom is -0.409 e. The van der Waals surface area contributed by atoms with Crippen LogP contribution in [0.3, 0.4) is 0 Å². The summed E-state index contributed by atoms with van der Waals surface area (Å²) in [4.78, 5) is 11.2. The third-order valence-corrected chi connectivity index (χ3v) is 1.51. The van der Waals surface area contributed by atoms with Gasteiger partial charge in [-0.05, 0) is 27.2 Å². The second-order valence-electron chi connectivity index (χ2n) is 4.33. The smallest absolute Gasteiger partial charge is 0.315 e. The zero-order chi connectivity index (χ0) is 11.9. The molecule has 0 aliphatic rings. The van der Waals surface area contributed by atoms with E-state index in [9.17, 15) is 4.79 Å². The van der Waals surface area contributed by atoms with Gasteiger partial charge in [-0.15, -0.1) is 0 Å². The van der Waals surface area contributed by atoms with Crippen LogP contribution in [0.15, 0.2) is 5.16 Å². The molecule has 2 amide bonds. The molecule has 0 atom stereocenters. The van der Waals surface area contributed by atoms with Crippen molar-refractivity contribution in [3.8, 4) is 0 Å². The summed E-state index contributed by atoms with van der Waals surface area (Å²) in [6.07, 6.45) is 1.11. The lowest BCUT2D eigenvalue weighted by Gasteiger charge is -2.20. The Labute approximate surface area is 89.9 Å². The van der Waals surface area contributed by atoms with Crippen molar-refractivity contribution in [1.82, 2.24) is 10.6 Å². The predicted octanol–water partition coefficient (Wildman–Crippen LogP) is 0.611. The SMILES string of the molecule is CC(C)(C)NC(=O)NCCCC(N)=NO. The van der Waals surface area contributed by atoms with Gasteiger partial charge in [0.2, 0.25) is 0 Å². The highest BCUT2D eigenvalue weighted by molar-refractivity contribution is 5.79. The van der Waals surface area contributed by atoms with E-state index in [1.807, 2.05) is 20.8 Å². The summed E-state index contributed by atoms with van der Waals surface area (Å²) < 4.78 is 0. The summed E-state index contributed by atoms with van der Waals surface area (Å²) in [7, 11) is 0. The monoisotopic (exact) mass is 216 g/mol. The second-order valence-corrected chi connectivity index (χ2v) is 4.33. The van der Waals surface area contributed by atoms with Crippen LogP contribution >= 0.6 is 0 Å². The van der Waals surface area contributed by atoms with Crippen molar-refractivity contribution in [3.05, 3.63) is 0 Å². The number of nitrogens with two attached hydrogens (primary N) is 1. The van der Waals surface area contributed by atoms with Gasteiger partial charge in [0.05, 0.1) is 0 Å². The Morgan fingerprint density at radius 1 is 1.47 bits per heavy atom. The number of amides is 2.